The first-order valence-corrected chi connectivity index (χ1v) is 10.6. The SMILES string of the molecule is Cc1cc(C)cc(C(=O)Nc2ccc3c(c2)N(CCC(C)C)C(=O)C(C)(C)CO3)c1. The third kappa shape index (κ3) is 4.84. The normalized spacial score (nSPS) is 15.4. The van der Waals surface area contributed by atoms with Crippen molar-refractivity contribution in [3.63, 3.8) is 0 Å². The molecule has 0 saturated heterocycles. The molecule has 1 heterocycles. The number of carbonyl (C=O) groups is 2. The molecule has 2 aromatic carbocycles. The number of nitrogens with zero attached hydrogens (tertiary/aromatic N) is 1. The lowest BCUT2D eigenvalue weighted by Gasteiger charge is -2.28. The van der Waals surface area contributed by atoms with Crippen molar-refractivity contribution in [2.45, 2.75) is 48.0 Å². The lowest BCUT2D eigenvalue weighted by molar-refractivity contribution is -0.127. The molecule has 2 amide bonds. The summed E-state index contributed by atoms with van der Waals surface area (Å²) in [6.07, 6.45) is 0.889. The molecule has 0 saturated carbocycles. The Morgan fingerprint density at radius 1 is 1.13 bits per heavy atom. The van der Waals surface area contributed by atoms with Gasteiger partial charge in [0.05, 0.1) is 11.1 Å². The van der Waals surface area contributed by atoms with Crippen molar-refractivity contribution >= 4 is 23.2 Å². The Bertz CT molecular complexity index is 943. The third-order valence-corrected chi connectivity index (χ3v) is 5.33. The molecule has 0 bridgehead atoms. The summed E-state index contributed by atoms with van der Waals surface area (Å²) in [7, 11) is 0. The van der Waals surface area contributed by atoms with Crippen molar-refractivity contribution in [2.75, 3.05) is 23.4 Å². The average Bonchev–Trinajstić information content (AvgIpc) is 2.74. The lowest BCUT2D eigenvalue weighted by Crippen LogP contribution is -2.42. The van der Waals surface area contributed by atoms with E-state index in [1.807, 2.05) is 69.0 Å². The first-order valence-electron chi connectivity index (χ1n) is 10.6. The molecule has 0 unspecified atom stereocenters. The first kappa shape index (κ1) is 21.9. The van der Waals surface area contributed by atoms with Gasteiger partial charge in [-0.3, -0.25) is 9.59 Å². The molecule has 1 N–H and O–H groups in total. The van der Waals surface area contributed by atoms with Crippen LogP contribution in [0.4, 0.5) is 11.4 Å². The summed E-state index contributed by atoms with van der Waals surface area (Å²) in [5.74, 6) is 1.01. The molecule has 0 fully saturated rings. The maximum absolute atomic E-state index is 13.2. The number of rotatable bonds is 5. The quantitative estimate of drug-likeness (QED) is 0.725. The Morgan fingerprint density at radius 2 is 1.80 bits per heavy atom. The number of hydrogen-bond acceptors (Lipinski definition) is 3. The second-order valence-corrected chi connectivity index (χ2v) is 9.32. The number of aryl methyl sites for hydroxylation is 2. The van der Waals surface area contributed by atoms with Gasteiger partial charge >= 0.3 is 0 Å². The van der Waals surface area contributed by atoms with Crippen LogP contribution in [0, 0.1) is 25.2 Å². The minimum absolute atomic E-state index is 0.0414. The van der Waals surface area contributed by atoms with E-state index in [-0.39, 0.29) is 11.8 Å². The highest BCUT2D eigenvalue weighted by molar-refractivity contribution is 6.05. The lowest BCUT2D eigenvalue weighted by atomic mass is 9.92. The maximum atomic E-state index is 13.2. The minimum Gasteiger partial charge on any atom is -0.490 e. The Hall–Kier alpha value is -2.82. The third-order valence-electron chi connectivity index (χ3n) is 5.33. The highest BCUT2D eigenvalue weighted by Gasteiger charge is 2.37. The predicted octanol–water partition coefficient (Wildman–Crippen LogP) is 5.35. The van der Waals surface area contributed by atoms with Crippen molar-refractivity contribution in [2.24, 2.45) is 11.3 Å². The molecule has 1 aliphatic heterocycles. The van der Waals surface area contributed by atoms with E-state index in [1.54, 1.807) is 0 Å². The molecule has 0 atom stereocenters. The fraction of sp³-hybridized carbons (Fsp3) is 0.440. The zero-order chi connectivity index (χ0) is 22.1. The molecule has 0 aromatic heterocycles. The van der Waals surface area contributed by atoms with E-state index >= 15 is 0 Å². The minimum atomic E-state index is -0.613. The van der Waals surface area contributed by atoms with Crippen LogP contribution in [0.1, 0.15) is 55.6 Å². The summed E-state index contributed by atoms with van der Waals surface area (Å²) in [6, 6.07) is 11.3. The Balaban J connectivity index is 1.92. The van der Waals surface area contributed by atoms with Gasteiger partial charge in [-0.1, -0.05) is 31.0 Å². The number of fused-ring (bicyclic) bond motifs is 1. The van der Waals surface area contributed by atoms with E-state index in [9.17, 15) is 9.59 Å². The molecule has 2 aromatic rings. The molecule has 5 nitrogen and oxygen atoms in total. The fourth-order valence-corrected chi connectivity index (χ4v) is 3.64. The molecule has 1 aliphatic rings. The van der Waals surface area contributed by atoms with Gasteiger partial charge in [0, 0.05) is 17.8 Å². The van der Waals surface area contributed by atoms with Crippen molar-refractivity contribution < 1.29 is 14.3 Å². The number of carbonyl (C=O) groups excluding carboxylic acids is 2. The van der Waals surface area contributed by atoms with Gasteiger partial charge in [-0.05, 0) is 70.4 Å². The molecule has 5 heteroatoms. The van der Waals surface area contributed by atoms with Crippen LogP contribution in [0.5, 0.6) is 5.75 Å². The molecule has 160 valence electrons. The molecular weight excluding hydrogens is 376 g/mol. The van der Waals surface area contributed by atoms with Crippen LogP contribution in [0.2, 0.25) is 0 Å². The van der Waals surface area contributed by atoms with Gasteiger partial charge in [-0.25, -0.2) is 0 Å². The summed E-state index contributed by atoms with van der Waals surface area (Å²) in [6.45, 7) is 13.0. The molecule has 30 heavy (non-hydrogen) atoms. The smallest absolute Gasteiger partial charge is 0.255 e. The summed E-state index contributed by atoms with van der Waals surface area (Å²) < 4.78 is 5.97. The second kappa shape index (κ2) is 8.50. The summed E-state index contributed by atoms with van der Waals surface area (Å²) >= 11 is 0. The number of hydrogen-bond donors (Lipinski definition) is 1. The maximum Gasteiger partial charge on any atom is 0.255 e. The van der Waals surface area contributed by atoms with Crippen LogP contribution in [0.25, 0.3) is 0 Å². The van der Waals surface area contributed by atoms with E-state index < -0.39 is 5.41 Å². The van der Waals surface area contributed by atoms with E-state index in [1.165, 1.54) is 0 Å². The Labute approximate surface area is 179 Å². The van der Waals surface area contributed by atoms with Crippen LogP contribution in [0.15, 0.2) is 36.4 Å². The Morgan fingerprint density at radius 3 is 2.43 bits per heavy atom. The first-order chi connectivity index (χ1) is 14.1. The number of nitrogens with one attached hydrogen (secondary N) is 1. The van der Waals surface area contributed by atoms with Crippen LogP contribution in [-0.2, 0) is 4.79 Å². The predicted molar refractivity (Wildman–Crippen MR) is 121 cm³/mol. The summed E-state index contributed by atoms with van der Waals surface area (Å²) in [5.41, 5.74) is 3.45. The highest BCUT2D eigenvalue weighted by Crippen LogP contribution is 2.38. The summed E-state index contributed by atoms with van der Waals surface area (Å²) in [5, 5.41) is 2.97. The second-order valence-electron chi connectivity index (χ2n) is 9.32. The Kier molecular flexibility index (Phi) is 6.20. The van der Waals surface area contributed by atoms with Gasteiger partial charge in [0.2, 0.25) is 5.91 Å². The van der Waals surface area contributed by atoms with E-state index in [2.05, 4.69) is 19.2 Å². The zero-order valence-electron chi connectivity index (χ0n) is 18.8. The number of ether oxygens (including phenoxy) is 1. The number of benzene rings is 2. The van der Waals surface area contributed by atoms with Crippen LogP contribution >= 0.6 is 0 Å². The molecule has 0 spiro atoms. The number of amides is 2. The molecule has 0 aliphatic carbocycles. The standard InChI is InChI=1S/C25H32N2O3/c1-16(2)9-10-27-21-14-20(7-8-22(21)30-15-25(5,6)24(27)29)26-23(28)19-12-17(3)11-18(4)13-19/h7-8,11-14,16H,9-10,15H2,1-6H3,(H,26,28). The molecular formula is C25H32N2O3. The zero-order valence-corrected chi connectivity index (χ0v) is 18.8. The van der Waals surface area contributed by atoms with Crippen molar-refractivity contribution in [1.29, 1.82) is 0 Å². The van der Waals surface area contributed by atoms with Crippen molar-refractivity contribution in [1.82, 2.24) is 0 Å². The molecule has 3 rings (SSSR count). The summed E-state index contributed by atoms with van der Waals surface area (Å²) in [4.78, 5) is 27.8. The van der Waals surface area contributed by atoms with Gasteiger partial charge in [-0.15, -0.1) is 0 Å². The van der Waals surface area contributed by atoms with Gasteiger partial charge in [-0.2, -0.15) is 0 Å². The van der Waals surface area contributed by atoms with E-state index in [0.717, 1.165) is 17.5 Å². The van der Waals surface area contributed by atoms with Gasteiger partial charge in [0.1, 0.15) is 12.4 Å². The molecule has 0 radical (unpaired) electrons. The fourth-order valence-electron chi connectivity index (χ4n) is 3.64. The average molecular weight is 409 g/mol. The highest BCUT2D eigenvalue weighted by atomic mass is 16.5. The van der Waals surface area contributed by atoms with Crippen molar-refractivity contribution in [3.05, 3.63) is 53.1 Å². The number of anilines is 2. The van der Waals surface area contributed by atoms with Crippen LogP contribution < -0.4 is 15.0 Å². The largest absolute Gasteiger partial charge is 0.490 e. The topological polar surface area (TPSA) is 58.6 Å². The van der Waals surface area contributed by atoms with E-state index in [0.29, 0.717) is 41.8 Å². The van der Waals surface area contributed by atoms with Crippen LogP contribution in [0.3, 0.4) is 0 Å². The van der Waals surface area contributed by atoms with Gasteiger partial charge in [0.15, 0.2) is 0 Å². The van der Waals surface area contributed by atoms with Crippen molar-refractivity contribution in [3.8, 4) is 5.75 Å². The van der Waals surface area contributed by atoms with E-state index in [4.69, 9.17) is 4.74 Å². The van der Waals surface area contributed by atoms with Gasteiger partial charge in [0.25, 0.3) is 5.91 Å². The van der Waals surface area contributed by atoms with Crippen LogP contribution in [-0.4, -0.2) is 25.0 Å². The monoisotopic (exact) mass is 408 g/mol. The van der Waals surface area contributed by atoms with Gasteiger partial charge < -0.3 is 15.0 Å².